The maximum Gasteiger partial charge on any atom is 0.344 e. The molecule has 1 aromatic heterocycles. The standard InChI is InChI=1S/C15H9NO4/c17-14-7-19-13-5-10-8-3-1-2-4-9(8)15(18)20-12(10)6-11(13)16-14/h1-6H,7H2,(H,16,17). The fraction of sp³-hybridized carbons (Fsp3) is 0.0667. The van der Waals surface area contributed by atoms with Crippen LogP contribution in [0.1, 0.15) is 0 Å². The van der Waals surface area contributed by atoms with Crippen molar-refractivity contribution in [3.63, 3.8) is 0 Å². The van der Waals surface area contributed by atoms with E-state index in [9.17, 15) is 9.59 Å². The zero-order chi connectivity index (χ0) is 13.7. The first-order valence-electron chi connectivity index (χ1n) is 6.14. The number of hydrogen-bond donors (Lipinski definition) is 1. The predicted molar refractivity (Wildman–Crippen MR) is 74.1 cm³/mol. The van der Waals surface area contributed by atoms with E-state index >= 15 is 0 Å². The summed E-state index contributed by atoms with van der Waals surface area (Å²) in [6, 6.07) is 10.7. The third kappa shape index (κ3) is 1.50. The number of hydrogen-bond acceptors (Lipinski definition) is 4. The number of fused-ring (bicyclic) bond motifs is 4. The van der Waals surface area contributed by atoms with Gasteiger partial charge in [-0.05, 0) is 12.1 Å². The van der Waals surface area contributed by atoms with Crippen LogP contribution in [0.25, 0.3) is 21.7 Å². The molecule has 0 unspecified atom stereocenters. The monoisotopic (exact) mass is 267 g/mol. The minimum absolute atomic E-state index is 0.00673. The molecule has 0 fully saturated rings. The topological polar surface area (TPSA) is 68.5 Å². The maximum atomic E-state index is 11.9. The first-order valence-corrected chi connectivity index (χ1v) is 6.14. The molecule has 0 saturated heterocycles. The number of rotatable bonds is 0. The summed E-state index contributed by atoms with van der Waals surface area (Å²) < 4.78 is 10.7. The molecule has 0 spiro atoms. The van der Waals surface area contributed by atoms with Gasteiger partial charge in [-0.1, -0.05) is 18.2 Å². The van der Waals surface area contributed by atoms with Gasteiger partial charge >= 0.3 is 5.63 Å². The second-order valence-corrected chi connectivity index (χ2v) is 4.62. The summed E-state index contributed by atoms with van der Waals surface area (Å²) in [5.41, 5.74) is 0.557. The van der Waals surface area contributed by atoms with Crippen LogP contribution in [0.2, 0.25) is 0 Å². The fourth-order valence-corrected chi connectivity index (χ4v) is 2.45. The van der Waals surface area contributed by atoms with Crippen LogP contribution < -0.4 is 15.7 Å². The zero-order valence-corrected chi connectivity index (χ0v) is 10.3. The Balaban J connectivity index is 2.14. The summed E-state index contributed by atoms with van der Waals surface area (Å²) in [5, 5.41) is 4.82. The van der Waals surface area contributed by atoms with E-state index in [1.807, 2.05) is 12.1 Å². The Hall–Kier alpha value is -2.82. The summed E-state index contributed by atoms with van der Waals surface area (Å²) >= 11 is 0. The van der Waals surface area contributed by atoms with E-state index in [-0.39, 0.29) is 12.5 Å². The van der Waals surface area contributed by atoms with Gasteiger partial charge in [0.05, 0.1) is 11.1 Å². The SMILES string of the molecule is O=C1COc2cc3c(cc2N1)oc(=O)c1ccccc13. The number of amides is 1. The summed E-state index contributed by atoms with van der Waals surface area (Å²) in [6.45, 7) is -0.00673. The van der Waals surface area contributed by atoms with Crippen molar-refractivity contribution >= 4 is 33.3 Å². The van der Waals surface area contributed by atoms with Gasteiger partial charge in [-0.25, -0.2) is 4.79 Å². The maximum absolute atomic E-state index is 11.9. The summed E-state index contributed by atoms with van der Waals surface area (Å²) in [7, 11) is 0. The molecule has 0 radical (unpaired) electrons. The molecule has 2 heterocycles. The molecular weight excluding hydrogens is 258 g/mol. The predicted octanol–water partition coefficient (Wildman–Crippen LogP) is 2.28. The molecule has 1 N–H and O–H groups in total. The number of carbonyl (C=O) groups excluding carboxylic acids is 1. The van der Waals surface area contributed by atoms with Crippen LogP contribution in [0, 0.1) is 0 Å². The van der Waals surface area contributed by atoms with Gasteiger partial charge in [0.2, 0.25) is 0 Å². The average Bonchev–Trinajstić information content (AvgIpc) is 2.46. The largest absolute Gasteiger partial charge is 0.482 e. The molecule has 98 valence electrons. The smallest absolute Gasteiger partial charge is 0.344 e. The molecule has 3 aromatic rings. The van der Waals surface area contributed by atoms with E-state index in [1.165, 1.54) is 0 Å². The average molecular weight is 267 g/mol. The highest BCUT2D eigenvalue weighted by Crippen LogP contribution is 2.34. The van der Waals surface area contributed by atoms with Gasteiger partial charge in [0.15, 0.2) is 6.61 Å². The molecule has 0 atom stereocenters. The van der Waals surface area contributed by atoms with Crippen LogP contribution in [-0.4, -0.2) is 12.5 Å². The molecule has 20 heavy (non-hydrogen) atoms. The van der Waals surface area contributed by atoms with Crippen LogP contribution >= 0.6 is 0 Å². The molecule has 5 heteroatoms. The van der Waals surface area contributed by atoms with E-state index in [0.717, 1.165) is 10.8 Å². The Bertz CT molecular complexity index is 926. The number of benzene rings is 2. The van der Waals surface area contributed by atoms with Gasteiger partial charge in [0.1, 0.15) is 11.3 Å². The Morgan fingerprint density at radius 2 is 1.80 bits per heavy atom. The number of anilines is 1. The van der Waals surface area contributed by atoms with Crippen LogP contribution in [0.4, 0.5) is 5.69 Å². The first kappa shape index (κ1) is 11.0. The molecule has 1 aliphatic heterocycles. The van der Waals surface area contributed by atoms with Crippen molar-refractivity contribution in [2.24, 2.45) is 0 Å². The van der Waals surface area contributed by atoms with Crippen molar-refractivity contribution in [2.45, 2.75) is 0 Å². The summed E-state index contributed by atoms with van der Waals surface area (Å²) in [4.78, 5) is 23.3. The molecule has 2 aromatic carbocycles. The number of ether oxygens (including phenoxy) is 1. The highest BCUT2D eigenvalue weighted by atomic mass is 16.5. The molecule has 0 saturated carbocycles. The molecule has 1 amide bonds. The highest BCUT2D eigenvalue weighted by Gasteiger charge is 2.18. The molecule has 5 nitrogen and oxygen atoms in total. The lowest BCUT2D eigenvalue weighted by molar-refractivity contribution is -0.118. The van der Waals surface area contributed by atoms with E-state index in [4.69, 9.17) is 9.15 Å². The second-order valence-electron chi connectivity index (χ2n) is 4.62. The second kappa shape index (κ2) is 3.84. The van der Waals surface area contributed by atoms with Crippen LogP contribution in [0.15, 0.2) is 45.6 Å². The van der Waals surface area contributed by atoms with Crippen molar-refractivity contribution in [1.82, 2.24) is 0 Å². The van der Waals surface area contributed by atoms with Gasteiger partial charge in [-0.15, -0.1) is 0 Å². The molecule has 0 bridgehead atoms. The molecule has 0 aliphatic carbocycles. The van der Waals surface area contributed by atoms with Gasteiger partial charge in [0.25, 0.3) is 5.91 Å². The number of carbonyl (C=O) groups is 1. The molecular formula is C15H9NO4. The lowest BCUT2D eigenvalue weighted by Gasteiger charge is -2.18. The Morgan fingerprint density at radius 3 is 2.65 bits per heavy atom. The first-order chi connectivity index (χ1) is 9.72. The van der Waals surface area contributed by atoms with Crippen molar-refractivity contribution in [3.8, 4) is 5.75 Å². The van der Waals surface area contributed by atoms with Crippen molar-refractivity contribution < 1.29 is 13.9 Å². The van der Waals surface area contributed by atoms with E-state index in [2.05, 4.69) is 5.32 Å². The fourth-order valence-electron chi connectivity index (χ4n) is 2.45. The molecule has 4 rings (SSSR count). The molecule has 1 aliphatic rings. The Morgan fingerprint density at radius 1 is 1.00 bits per heavy atom. The minimum atomic E-state index is -0.392. The van der Waals surface area contributed by atoms with Crippen molar-refractivity contribution in [3.05, 3.63) is 46.8 Å². The number of nitrogens with one attached hydrogen (secondary N) is 1. The minimum Gasteiger partial charge on any atom is -0.482 e. The van der Waals surface area contributed by atoms with Gasteiger partial charge in [0, 0.05) is 16.8 Å². The van der Waals surface area contributed by atoms with Crippen LogP contribution in [-0.2, 0) is 4.79 Å². The quantitative estimate of drug-likeness (QED) is 0.501. The van der Waals surface area contributed by atoms with Gasteiger partial charge in [-0.2, -0.15) is 0 Å². The summed E-state index contributed by atoms with van der Waals surface area (Å²) in [5.74, 6) is 0.357. The zero-order valence-electron chi connectivity index (χ0n) is 10.3. The Labute approximate surface area is 112 Å². The third-order valence-electron chi connectivity index (χ3n) is 3.35. The van der Waals surface area contributed by atoms with E-state index < -0.39 is 5.63 Å². The van der Waals surface area contributed by atoms with Crippen molar-refractivity contribution in [1.29, 1.82) is 0 Å². The third-order valence-corrected chi connectivity index (χ3v) is 3.35. The van der Waals surface area contributed by atoms with Gasteiger partial charge < -0.3 is 14.5 Å². The Kier molecular flexibility index (Phi) is 2.12. The highest BCUT2D eigenvalue weighted by molar-refractivity contribution is 6.07. The summed E-state index contributed by atoms with van der Waals surface area (Å²) in [6.07, 6.45) is 0. The lowest BCUT2D eigenvalue weighted by atomic mass is 10.1. The van der Waals surface area contributed by atoms with Crippen molar-refractivity contribution in [2.75, 3.05) is 11.9 Å². The lowest BCUT2D eigenvalue weighted by Crippen LogP contribution is -2.25. The van der Waals surface area contributed by atoms with Crippen LogP contribution in [0.5, 0.6) is 5.75 Å². The van der Waals surface area contributed by atoms with Crippen LogP contribution in [0.3, 0.4) is 0 Å². The van der Waals surface area contributed by atoms with E-state index in [0.29, 0.717) is 22.4 Å². The normalized spacial score (nSPS) is 13.9. The van der Waals surface area contributed by atoms with E-state index in [1.54, 1.807) is 24.3 Å². The van der Waals surface area contributed by atoms with Gasteiger partial charge in [-0.3, -0.25) is 4.79 Å².